The van der Waals surface area contributed by atoms with Gasteiger partial charge in [-0.2, -0.15) is 0 Å². The molecule has 2 saturated heterocycles. The van der Waals surface area contributed by atoms with Gasteiger partial charge in [0.2, 0.25) is 0 Å². The molecule has 4 nitrogen and oxygen atoms in total. The SMILES string of the molecule is CC1CCCN(c2ccc(C(C)NC(=O)c3ccc(CN4CCCCCC4)cc3)cc2)C1. The van der Waals surface area contributed by atoms with Crippen molar-refractivity contribution in [1.82, 2.24) is 10.2 Å². The van der Waals surface area contributed by atoms with Crippen molar-refractivity contribution in [2.45, 2.75) is 65.0 Å². The van der Waals surface area contributed by atoms with Crippen molar-refractivity contribution >= 4 is 11.6 Å². The Kier molecular flexibility index (Phi) is 7.85. The average Bonchev–Trinajstić information content (AvgIpc) is 3.08. The van der Waals surface area contributed by atoms with Crippen LogP contribution in [0.3, 0.4) is 0 Å². The second-order valence-electron chi connectivity index (χ2n) is 9.87. The summed E-state index contributed by atoms with van der Waals surface area (Å²) in [6.45, 7) is 10.0. The molecule has 2 atom stereocenters. The molecule has 2 aliphatic heterocycles. The first-order valence-electron chi connectivity index (χ1n) is 12.6. The van der Waals surface area contributed by atoms with E-state index >= 15 is 0 Å². The summed E-state index contributed by atoms with van der Waals surface area (Å²) in [6, 6.07) is 16.9. The van der Waals surface area contributed by atoms with Gasteiger partial charge in [-0.25, -0.2) is 0 Å². The fourth-order valence-electron chi connectivity index (χ4n) is 5.08. The first kappa shape index (κ1) is 22.8. The third-order valence-corrected chi connectivity index (χ3v) is 7.08. The zero-order valence-corrected chi connectivity index (χ0v) is 19.9. The van der Waals surface area contributed by atoms with Crippen LogP contribution in [-0.2, 0) is 6.54 Å². The molecule has 0 bridgehead atoms. The normalized spacial score (nSPS) is 21.1. The number of nitrogens with one attached hydrogen (secondary N) is 1. The van der Waals surface area contributed by atoms with Gasteiger partial charge in [0, 0.05) is 30.9 Å². The molecule has 2 fully saturated rings. The topological polar surface area (TPSA) is 35.6 Å². The van der Waals surface area contributed by atoms with E-state index in [0.717, 1.165) is 36.7 Å². The van der Waals surface area contributed by atoms with Crippen LogP contribution in [0, 0.1) is 5.92 Å². The van der Waals surface area contributed by atoms with Crippen LogP contribution in [0.2, 0.25) is 0 Å². The Balaban J connectivity index is 1.31. The van der Waals surface area contributed by atoms with E-state index in [-0.39, 0.29) is 11.9 Å². The number of rotatable bonds is 6. The van der Waals surface area contributed by atoms with Gasteiger partial charge in [-0.15, -0.1) is 0 Å². The van der Waals surface area contributed by atoms with Gasteiger partial charge in [0.1, 0.15) is 0 Å². The lowest BCUT2D eigenvalue weighted by atomic mass is 9.99. The minimum Gasteiger partial charge on any atom is -0.371 e. The standard InChI is InChI=1S/C28H39N3O/c1-22-8-7-19-31(20-22)27-15-13-25(14-16-27)23(2)29-28(32)26-11-9-24(10-12-26)21-30-17-5-3-4-6-18-30/h9-16,22-23H,3-8,17-21H2,1-2H3,(H,29,32). The fraction of sp³-hybridized carbons (Fsp3) is 0.536. The lowest BCUT2D eigenvalue weighted by Crippen LogP contribution is -2.34. The maximum atomic E-state index is 12.8. The lowest BCUT2D eigenvalue weighted by molar-refractivity contribution is 0.0940. The van der Waals surface area contributed by atoms with E-state index in [4.69, 9.17) is 0 Å². The van der Waals surface area contributed by atoms with E-state index in [9.17, 15) is 4.79 Å². The van der Waals surface area contributed by atoms with Gasteiger partial charge in [-0.3, -0.25) is 9.69 Å². The summed E-state index contributed by atoms with van der Waals surface area (Å²) in [7, 11) is 0. The molecule has 1 amide bonds. The first-order valence-corrected chi connectivity index (χ1v) is 12.6. The minimum absolute atomic E-state index is 0.00671. The number of piperidine rings is 1. The highest BCUT2D eigenvalue weighted by Gasteiger charge is 2.17. The number of hydrogen-bond acceptors (Lipinski definition) is 3. The summed E-state index contributed by atoms with van der Waals surface area (Å²) in [5, 5.41) is 3.16. The fourth-order valence-corrected chi connectivity index (χ4v) is 5.08. The maximum absolute atomic E-state index is 12.8. The summed E-state index contributed by atoms with van der Waals surface area (Å²) < 4.78 is 0. The van der Waals surface area contributed by atoms with Crippen molar-refractivity contribution in [3.8, 4) is 0 Å². The number of likely N-dealkylation sites (tertiary alicyclic amines) is 1. The highest BCUT2D eigenvalue weighted by Crippen LogP contribution is 2.25. The monoisotopic (exact) mass is 433 g/mol. The molecule has 0 spiro atoms. The molecule has 32 heavy (non-hydrogen) atoms. The summed E-state index contributed by atoms with van der Waals surface area (Å²) in [4.78, 5) is 17.8. The van der Waals surface area contributed by atoms with Crippen LogP contribution in [-0.4, -0.2) is 37.0 Å². The van der Waals surface area contributed by atoms with E-state index in [1.807, 2.05) is 12.1 Å². The molecule has 2 unspecified atom stereocenters. The first-order chi connectivity index (χ1) is 15.6. The van der Waals surface area contributed by atoms with E-state index in [1.54, 1.807) is 0 Å². The Morgan fingerprint density at radius 2 is 1.62 bits per heavy atom. The Hall–Kier alpha value is -2.33. The van der Waals surface area contributed by atoms with E-state index in [0.29, 0.717) is 0 Å². The van der Waals surface area contributed by atoms with Gasteiger partial charge >= 0.3 is 0 Å². The van der Waals surface area contributed by atoms with Crippen molar-refractivity contribution in [3.63, 3.8) is 0 Å². The third-order valence-electron chi connectivity index (χ3n) is 7.08. The Morgan fingerprint density at radius 1 is 0.938 bits per heavy atom. The third kappa shape index (κ3) is 6.13. The molecule has 0 radical (unpaired) electrons. The van der Waals surface area contributed by atoms with Gasteiger partial charge in [-0.1, -0.05) is 44.0 Å². The molecular weight excluding hydrogens is 394 g/mol. The average molecular weight is 434 g/mol. The molecule has 4 rings (SSSR count). The number of anilines is 1. The predicted octanol–water partition coefficient (Wildman–Crippen LogP) is 5.79. The second-order valence-corrected chi connectivity index (χ2v) is 9.87. The molecule has 2 aromatic rings. The zero-order chi connectivity index (χ0) is 22.3. The molecule has 2 aromatic carbocycles. The molecule has 2 aliphatic rings. The van der Waals surface area contributed by atoms with Gasteiger partial charge in [0.05, 0.1) is 6.04 Å². The molecular formula is C28H39N3O. The van der Waals surface area contributed by atoms with E-state index in [2.05, 4.69) is 65.4 Å². The van der Waals surface area contributed by atoms with Crippen molar-refractivity contribution in [2.24, 2.45) is 5.92 Å². The summed E-state index contributed by atoms with van der Waals surface area (Å²) in [6.07, 6.45) is 7.91. The van der Waals surface area contributed by atoms with Crippen molar-refractivity contribution in [1.29, 1.82) is 0 Å². The van der Waals surface area contributed by atoms with Crippen LogP contribution in [0.4, 0.5) is 5.69 Å². The van der Waals surface area contributed by atoms with Crippen molar-refractivity contribution in [2.75, 3.05) is 31.1 Å². The second kappa shape index (κ2) is 11.0. The van der Waals surface area contributed by atoms with Crippen LogP contribution in [0.5, 0.6) is 0 Å². The number of hydrogen-bond donors (Lipinski definition) is 1. The Labute approximate surface area is 194 Å². The van der Waals surface area contributed by atoms with Crippen molar-refractivity contribution < 1.29 is 4.79 Å². The zero-order valence-electron chi connectivity index (χ0n) is 19.9. The van der Waals surface area contributed by atoms with Gasteiger partial charge < -0.3 is 10.2 Å². The largest absolute Gasteiger partial charge is 0.371 e. The number of carbonyl (C=O) groups excluding carboxylic acids is 1. The minimum atomic E-state index is -0.0198. The highest BCUT2D eigenvalue weighted by atomic mass is 16.1. The lowest BCUT2D eigenvalue weighted by Gasteiger charge is -2.33. The number of nitrogens with zero attached hydrogens (tertiary/aromatic N) is 2. The van der Waals surface area contributed by atoms with Crippen molar-refractivity contribution in [3.05, 3.63) is 65.2 Å². The van der Waals surface area contributed by atoms with Crippen LogP contribution < -0.4 is 10.2 Å². The van der Waals surface area contributed by atoms with E-state index in [1.165, 1.54) is 62.9 Å². The van der Waals surface area contributed by atoms with Crippen LogP contribution in [0.25, 0.3) is 0 Å². The Morgan fingerprint density at radius 3 is 2.28 bits per heavy atom. The molecule has 4 heteroatoms. The quantitative estimate of drug-likeness (QED) is 0.626. The van der Waals surface area contributed by atoms with Gasteiger partial charge in [0.25, 0.3) is 5.91 Å². The molecule has 172 valence electrons. The van der Waals surface area contributed by atoms with Gasteiger partial charge in [0.15, 0.2) is 0 Å². The number of carbonyl (C=O) groups is 1. The number of benzene rings is 2. The number of amides is 1. The highest BCUT2D eigenvalue weighted by molar-refractivity contribution is 5.94. The molecule has 1 N–H and O–H groups in total. The van der Waals surface area contributed by atoms with Crippen LogP contribution >= 0.6 is 0 Å². The van der Waals surface area contributed by atoms with Crippen LogP contribution in [0.1, 0.15) is 79.9 Å². The maximum Gasteiger partial charge on any atom is 0.251 e. The predicted molar refractivity (Wildman–Crippen MR) is 133 cm³/mol. The molecule has 0 aromatic heterocycles. The smallest absolute Gasteiger partial charge is 0.251 e. The van der Waals surface area contributed by atoms with Crippen LogP contribution in [0.15, 0.2) is 48.5 Å². The summed E-state index contributed by atoms with van der Waals surface area (Å²) >= 11 is 0. The summed E-state index contributed by atoms with van der Waals surface area (Å²) in [5.74, 6) is 0.755. The molecule has 0 saturated carbocycles. The Bertz CT molecular complexity index is 853. The van der Waals surface area contributed by atoms with Gasteiger partial charge in [-0.05, 0) is 87.0 Å². The molecule has 2 heterocycles. The van der Waals surface area contributed by atoms with E-state index < -0.39 is 0 Å². The summed E-state index contributed by atoms with van der Waals surface area (Å²) in [5.41, 5.74) is 4.46. The molecule has 0 aliphatic carbocycles.